The highest BCUT2D eigenvalue weighted by atomic mass is 16.5. The third-order valence-corrected chi connectivity index (χ3v) is 2.95. The molecule has 3 atom stereocenters. The van der Waals surface area contributed by atoms with Crippen LogP contribution in [-0.2, 0) is 9.47 Å². The van der Waals surface area contributed by atoms with Crippen molar-refractivity contribution >= 4 is 0 Å². The van der Waals surface area contributed by atoms with Gasteiger partial charge in [-0.05, 0) is 13.8 Å². The second kappa shape index (κ2) is 3.56. The summed E-state index contributed by atoms with van der Waals surface area (Å²) in [7, 11) is 0. The molecule has 2 aliphatic rings. The molecule has 2 aliphatic heterocycles. The molecule has 13 heavy (non-hydrogen) atoms. The van der Waals surface area contributed by atoms with Gasteiger partial charge in [0.1, 0.15) is 0 Å². The number of hydrogen-bond acceptors (Lipinski definition) is 3. The predicted molar refractivity (Wildman–Crippen MR) is 50.8 cm³/mol. The summed E-state index contributed by atoms with van der Waals surface area (Å²) in [6, 6.07) is 0. The Bertz CT molecular complexity index is 164. The molecule has 0 radical (unpaired) electrons. The summed E-state index contributed by atoms with van der Waals surface area (Å²) >= 11 is 0. The second-order valence-electron chi connectivity index (χ2n) is 4.38. The lowest BCUT2D eigenvalue weighted by atomic mass is 9.89. The first kappa shape index (κ1) is 9.44. The zero-order valence-corrected chi connectivity index (χ0v) is 8.51. The van der Waals surface area contributed by atoms with Crippen molar-refractivity contribution in [3.63, 3.8) is 0 Å². The van der Waals surface area contributed by atoms with Gasteiger partial charge in [0.2, 0.25) is 0 Å². The quantitative estimate of drug-likeness (QED) is 0.609. The van der Waals surface area contributed by atoms with Crippen LogP contribution in [0.1, 0.15) is 26.7 Å². The lowest BCUT2D eigenvalue weighted by molar-refractivity contribution is -0.169. The molecule has 0 aliphatic carbocycles. The van der Waals surface area contributed by atoms with Crippen LogP contribution >= 0.6 is 0 Å². The van der Waals surface area contributed by atoms with Crippen LogP contribution in [-0.4, -0.2) is 37.5 Å². The number of nitrogens with one attached hydrogen (secondary N) is 1. The molecule has 2 saturated heterocycles. The SMILES string of the molecule is C[C@H]1C[C@]2(CCO1)CNC[C@H](C)O2. The normalized spacial score (nSPS) is 46.6. The maximum Gasteiger partial charge on any atom is 0.0856 e. The molecule has 76 valence electrons. The largest absolute Gasteiger partial charge is 0.378 e. The van der Waals surface area contributed by atoms with Crippen molar-refractivity contribution in [1.82, 2.24) is 5.32 Å². The zero-order chi connectivity index (χ0) is 9.31. The standard InChI is InChI=1S/C10H19NO2/c1-8-5-10(3-4-12-8)7-11-6-9(2)13-10/h8-9,11H,3-7H2,1-2H3/t8-,9-,10+/m0/s1. The Kier molecular flexibility index (Phi) is 2.58. The van der Waals surface area contributed by atoms with Crippen LogP contribution in [0, 0.1) is 0 Å². The Balaban J connectivity index is 2.00. The van der Waals surface area contributed by atoms with E-state index in [1.54, 1.807) is 0 Å². The lowest BCUT2D eigenvalue weighted by Crippen LogP contribution is -2.56. The van der Waals surface area contributed by atoms with Crippen molar-refractivity contribution in [1.29, 1.82) is 0 Å². The van der Waals surface area contributed by atoms with E-state index < -0.39 is 0 Å². The summed E-state index contributed by atoms with van der Waals surface area (Å²) in [5.74, 6) is 0. The van der Waals surface area contributed by atoms with Gasteiger partial charge in [-0.25, -0.2) is 0 Å². The Morgan fingerprint density at radius 3 is 2.85 bits per heavy atom. The Morgan fingerprint density at radius 1 is 1.31 bits per heavy atom. The number of rotatable bonds is 0. The van der Waals surface area contributed by atoms with Gasteiger partial charge in [0.15, 0.2) is 0 Å². The van der Waals surface area contributed by atoms with E-state index in [9.17, 15) is 0 Å². The van der Waals surface area contributed by atoms with Gasteiger partial charge in [0, 0.05) is 32.5 Å². The van der Waals surface area contributed by atoms with Crippen LogP contribution in [0.5, 0.6) is 0 Å². The molecule has 2 rings (SSSR count). The summed E-state index contributed by atoms with van der Waals surface area (Å²) in [4.78, 5) is 0. The molecular weight excluding hydrogens is 166 g/mol. The zero-order valence-electron chi connectivity index (χ0n) is 8.51. The van der Waals surface area contributed by atoms with Crippen molar-refractivity contribution in [3.05, 3.63) is 0 Å². The van der Waals surface area contributed by atoms with Gasteiger partial charge in [0.25, 0.3) is 0 Å². The van der Waals surface area contributed by atoms with E-state index in [2.05, 4.69) is 19.2 Å². The van der Waals surface area contributed by atoms with E-state index in [-0.39, 0.29) is 5.60 Å². The second-order valence-corrected chi connectivity index (χ2v) is 4.38. The smallest absolute Gasteiger partial charge is 0.0856 e. The summed E-state index contributed by atoms with van der Waals surface area (Å²) < 4.78 is 11.6. The maximum absolute atomic E-state index is 6.04. The van der Waals surface area contributed by atoms with Crippen LogP contribution in [0.25, 0.3) is 0 Å². The van der Waals surface area contributed by atoms with Crippen molar-refractivity contribution in [2.45, 2.75) is 44.5 Å². The van der Waals surface area contributed by atoms with E-state index in [1.165, 1.54) is 0 Å². The van der Waals surface area contributed by atoms with E-state index in [0.29, 0.717) is 12.2 Å². The average Bonchev–Trinajstić information content (AvgIpc) is 2.02. The molecule has 3 heteroatoms. The minimum Gasteiger partial charge on any atom is -0.378 e. The monoisotopic (exact) mass is 185 g/mol. The molecule has 1 spiro atoms. The molecule has 0 amide bonds. The van der Waals surface area contributed by atoms with Crippen molar-refractivity contribution in [2.24, 2.45) is 0 Å². The van der Waals surface area contributed by atoms with Crippen molar-refractivity contribution in [3.8, 4) is 0 Å². The van der Waals surface area contributed by atoms with Gasteiger partial charge in [-0.3, -0.25) is 0 Å². The van der Waals surface area contributed by atoms with E-state index >= 15 is 0 Å². The fourth-order valence-electron chi connectivity index (χ4n) is 2.41. The van der Waals surface area contributed by atoms with Crippen LogP contribution in [0.4, 0.5) is 0 Å². The molecule has 0 aromatic carbocycles. The Labute approximate surface area is 79.8 Å². The molecule has 0 aromatic heterocycles. The van der Waals surface area contributed by atoms with Gasteiger partial charge < -0.3 is 14.8 Å². The lowest BCUT2D eigenvalue weighted by Gasteiger charge is -2.45. The number of morpholine rings is 1. The van der Waals surface area contributed by atoms with Crippen molar-refractivity contribution < 1.29 is 9.47 Å². The fraction of sp³-hybridized carbons (Fsp3) is 1.00. The van der Waals surface area contributed by atoms with Crippen LogP contribution in [0.15, 0.2) is 0 Å². The van der Waals surface area contributed by atoms with E-state index in [4.69, 9.17) is 9.47 Å². The highest BCUT2D eigenvalue weighted by molar-refractivity contribution is 4.92. The van der Waals surface area contributed by atoms with Gasteiger partial charge in [-0.2, -0.15) is 0 Å². The van der Waals surface area contributed by atoms with Gasteiger partial charge in [-0.1, -0.05) is 0 Å². The number of ether oxygens (including phenoxy) is 2. The minimum atomic E-state index is 0.0648. The van der Waals surface area contributed by atoms with Crippen molar-refractivity contribution in [2.75, 3.05) is 19.7 Å². The third kappa shape index (κ3) is 2.03. The van der Waals surface area contributed by atoms with E-state index in [1.807, 2.05) is 0 Å². The molecule has 0 bridgehead atoms. The molecule has 1 N–H and O–H groups in total. The Hall–Kier alpha value is -0.120. The van der Waals surface area contributed by atoms with Crippen LogP contribution < -0.4 is 5.32 Å². The summed E-state index contributed by atoms with van der Waals surface area (Å²) in [5.41, 5.74) is 0.0648. The predicted octanol–water partition coefficient (Wildman–Crippen LogP) is 0.932. The first-order chi connectivity index (χ1) is 6.20. The van der Waals surface area contributed by atoms with Gasteiger partial charge >= 0.3 is 0 Å². The summed E-state index contributed by atoms with van der Waals surface area (Å²) in [6.45, 7) is 7.08. The molecular formula is C10H19NO2. The first-order valence-corrected chi connectivity index (χ1v) is 5.20. The number of hydrogen-bond donors (Lipinski definition) is 1. The van der Waals surface area contributed by atoms with Crippen LogP contribution in [0.3, 0.4) is 0 Å². The molecule has 0 saturated carbocycles. The highest BCUT2D eigenvalue weighted by Gasteiger charge is 2.39. The molecule has 0 aromatic rings. The first-order valence-electron chi connectivity index (χ1n) is 5.20. The topological polar surface area (TPSA) is 30.5 Å². The van der Waals surface area contributed by atoms with Crippen LogP contribution in [0.2, 0.25) is 0 Å². The van der Waals surface area contributed by atoms with Gasteiger partial charge in [-0.15, -0.1) is 0 Å². The third-order valence-electron chi connectivity index (χ3n) is 2.95. The minimum absolute atomic E-state index is 0.0648. The molecule has 2 heterocycles. The van der Waals surface area contributed by atoms with E-state index in [0.717, 1.165) is 32.5 Å². The summed E-state index contributed by atoms with van der Waals surface area (Å²) in [5, 5.41) is 3.44. The molecule has 0 unspecified atom stereocenters. The highest BCUT2D eigenvalue weighted by Crippen LogP contribution is 2.30. The summed E-state index contributed by atoms with van der Waals surface area (Å²) in [6.07, 6.45) is 2.76. The Morgan fingerprint density at radius 2 is 2.15 bits per heavy atom. The maximum atomic E-state index is 6.04. The fourth-order valence-corrected chi connectivity index (χ4v) is 2.41. The molecule has 2 fully saturated rings. The average molecular weight is 185 g/mol. The molecule has 3 nitrogen and oxygen atoms in total. The van der Waals surface area contributed by atoms with Gasteiger partial charge in [0.05, 0.1) is 17.8 Å².